The number of unbranched alkanes of at least 4 members (excludes halogenated alkanes) is 30. The van der Waals surface area contributed by atoms with Gasteiger partial charge in [0.2, 0.25) is 0 Å². The summed E-state index contributed by atoms with van der Waals surface area (Å²) in [5.74, 6) is 9.92. The van der Waals surface area contributed by atoms with Crippen LogP contribution in [-0.4, -0.2) is 48.6 Å². The SMILES string of the molecule is CCCCCCCCCCCCCCCCCCOCC#Cc1cccc(C(=O)O)c1-c1c(C#CCOCCCCCCCCCCCCCCCCCC)cccc1C(=O)O. The second kappa shape index (κ2) is 39.0. The Kier molecular flexibility index (Phi) is 34.4. The van der Waals surface area contributed by atoms with Gasteiger partial charge in [-0.05, 0) is 37.1 Å². The quantitative estimate of drug-likeness (QED) is 0.0514. The minimum atomic E-state index is -1.16. The summed E-state index contributed by atoms with van der Waals surface area (Å²) in [6.45, 7) is 6.21. The Morgan fingerprint density at radius 1 is 0.403 bits per heavy atom. The summed E-state index contributed by atoms with van der Waals surface area (Å²) in [6.07, 6.45) is 42.3. The average molecular weight is 855 g/mol. The molecule has 0 heterocycles. The van der Waals surface area contributed by atoms with Crippen LogP contribution in [0.3, 0.4) is 0 Å². The van der Waals surface area contributed by atoms with E-state index in [0.29, 0.717) is 24.3 Å². The molecular weight excluding hydrogens is 769 g/mol. The van der Waals surface area contributed by atoms with Crippen LogP contribution < -0.4 is 0 Å². The molecule has 346 valence electrons. The van der Waals surface area contributed by atoms with Crippen LogP contribution in [0.25, 0.3) is 11.1 Å². The number of carbonyl (C=O) groups is 2. The number of aromatic carboxylic acids is 2. The van der Waals surface area contributed by atoms with Gasteiger partial charge < -0.3 is 19.7 Å². The molecule has 2 aromatic carbocycles. The lowest BCUT2D eigenvalue weighted by Gasteiger charge is -2.14. The molecule has 6 nitrogen and oxygen atoms in total. The van der Waals surface area contributed by atoms with Crippen molar-refractivity contribution in [3.63, 3.8) is 0 Å². The molecule has 0 fully saturated rings. The Bertz CT molecular complexity index is 1450. The van der Waals surface area contributed by atoms with Crippen LogP contribution in [0.1, 0.15) is 251 Å². The maximum atomic E-state index is 12.5. The summed E-state index contributed by atoms with van der Waals surface area (Å²) in [6, 6.07) is 9.68. The van der Waals surface area contributed by atoms with Gasteiger partial charge in [0.25, 0.3) is 0 Å². The summed E-state index contributed by atoms with van der Waals surface area (Å²) in [5.41, 5.74) is 1.30. The van der Waals surface area contributed by atoms with Gasteiger partial charge in [0.1, 0.15) is 13.2 Å². The highest BCUT2D eigenvalue weighted by Gasteiger charge is 2.23. The highest BCUT2D eigenvalue weighted by molar-refractivity contribution is 6.05. The molecule has 6 heteroatoms. The summed E-state index contributed by atoms with van der Waals surface area (Å²) in [7, 11) is 0. The first-order valence-corrected chi connectivity index (χ1v) is 25.4. The van der Waals surface area contributed by atoms with Gasteiger partial charge >= 0.3 is 11.9 Å². The van der Waals surface area contributed by atoms with E-state index >= 15 is 0 Å². The largest absolute Gasteiger partial charge is 0.478 e. The highest BCUT2D eigenvalue weighted by Crippen LogP contribution is 2.34. The van der Waals surface area contributed by atoms with Crippen LogP contribution in [0.15, 0.2) is 36.4 Å². The van der Waals surface area contributed by atoms with Crippen molar-refractivity contribution >= 4 is 11.9 Å². The van der Waals surface area contributed by atoms with Crippen molar-refractivity contribution in [3.8, 4) is 34.8 Å². The summed E-state index contributed by atoms with van der Waals surface area (Å²) in [5, 5.41) is 20.4. The molecule has 0 saturated carbocycles. The van der Waals surface area contributed by atoms with E-state index in [4.69, 9.17) is 9.47 Å². The Morgan fingerprint density at radius 2 is 0.661 bits per heavy atom. The van der Waals surface area contributed by atoms with E-state index < -0.39 is 11.9 Å². The van der Waals surface area contributed by atoms with Crippen LogP contribution in [-0.2, 0) is 9.47 Å². The van der Waals surface area contributed by atoms with Crippen LogP contribution in [0.5, 0.6) is 0 Å². The van der Waals surface area contributed by atoms with E-state index in [0.717, 1.165) is 25.7 Å². The first kappa shape index (κ1) is 54.6. The van der Waals surface area contributed by atoms with E-state index in [1.54, 1.807) is 24.3 Å². The van der Waals surface area contributed by atoms with Gasteiger partial charge in [-0.25, -0.2) is 9.59 Å². The van der Waals surface area contributed by atoms with Crippen molar-refractivity contribution in [2.45, 2.75) is 219 Å². The van der Waals surface area contributed by atoms with Crippen molar-refractivity contribution in [1.29, 1.82) is 0 Å². The van der Waals surface area contributed by atoms with Crippen molar-refractivity contribution in [1.82, 2.24) is 0 Å². The summed E-state index contributed by atoms with van der Waals surface area (Å²) in [4.78, 5) is 24.9. The molecule has 0 bridgehead atoms. The lowest BCUT2D eigenvalue weighted by Crippen LogP contribution is -2.08. The molecule has 0 amide bonds. The number of carboxylic acid groups (broad SMARTS) is 2. The third-order valence-corrected chi connectivity index (χ3v) is 11.9. The normalized spacial score (nSPS) is 10.9. The maximum absolute atomic E-state index is 12.5. The predicted molar refractivity (Wildman–Crippen MR) is 260 cm³/mol. The van der Waals surface area contributed by atoms with Crippen molar-refractivity contribution in [2.24, 2.45) is 0 Å². The first-order valence-electron chi connectivity index (χ1n) is 25.4. The molecule has 0 atom stereocenters. The number of hydrogen-bond acceptors (Lipinski definition) is 4. The number of benzene rings is 2. The van der Waals surface area contributed by atoms with Crippen LogP contribution in [0.2, 0.25) is 0 Å². The standard InChI is InChI=1S/C56H86O6/c1-3-5-7-9-11-13-15-17-19-21-23-25-27-29-31-33-45-61-47-37-41-49-39-35-43-51(55(57)58)53(49)54-50(40-36-44-52(54)56(59)60)42-38-48-62-46-34-32-30-28-26-24-22-20-18-16-14-12-10-8-6-4-2/h35-36,39-40,43-44H,3-34,45-48H2,1-2H3,(H,57,58)(H,59,60). The fourth-order valence-electron chi connectivity index (χ4n) is 8.22. The molecule has 0 aromatic heterocycles. The lowest BCUT2D eigenvalue weighted by atomic mass is 9.88. The molecule has 0 aliphatic heterocycles. The van der Waals surface area contributed by atoms with E-state index in [-0.39, 0.29) is 35.5 Å². The predicted octanol–water partition coefficient (Wildman–Crippen LogP) is 16.0. The fourth-order valence-corrected chi connectivity index (χ4v) is 8.22. The Balaban J connectivity index is 1.74. The van der Waals surface area contributed by atoms with Crippen LogP contribution in [0.4, 0.5) is 0 Å². The van der Waals surface area contributed by atoms with Crippen LogP contribution >= 0.6 is 0 Å². The van der Waals surface area contributed by atoms with Crippen molar-refractivity contribution in [2.75, 3.05) is 26.4 Å². The van der Waals surface area contributed by atoms with E-state index in [2.05, 4.69) is 37.5 Å². The van der Waals surface area contributed by atoms with Gasteiger partial charge in [-0.15, -0.1) is 0 Å². The summed E-state index contributed by atoms with van der Waals surface area (Å²) < 4.78 is 11.6. The first-order chi connectivity index (χ1) is 30.5. The van der Waals surface area contributed by atoms with Gasteiger partial charge in [0.05, 0.1) is 11.1 Å². The zero-order valence-corrected chi connectivity index (χ0v) is 39.4. The zero-order chi connectivity index (χ0) is 44.6. The smallest absolute Gasteiger partial charge is 0.336 e. The Morgan fingerprint density at radius 3 is 0.919 bits per heavy atom. The molecule has 2 rings (SSSR count). The second-order valence-electron chi connectivity index (χ2n) is 17.4. The molecule has 0 aliphatic carbocycles. The number of carboxylic acids is 2. The number of hydrogen-bond donors (Lipinski definition) is 2. The van der Waals surface area contributed by atoms with Gasteiger partial charge in [-0.1, -0.05) is 242 Å². The molecule has 0 saturated heterocycles. The van der Waals surface area contributed by atoms with Gasteiger partial charge in [0.15, 0.2) is 0 Å². The van der Waals surface area contributed by atoms with Crippen molar-refractivity contribution < 1.29 is 29.3 Å². The number of rotatable bonds is 39. The van der Waals surface area contributed by atoms with Crippen LogP contribution in [0, 0.1) is 23.7 Å². The lowest BCUT2D eigenvalue weighted by molar-refractivity contribution is 0.0684. The van der Waals surface area contributed by atoms with Gasteiger partial charge in [-0.2, -0.15) is 0 Å². The maximum Gasteiger partial charge on any atom is 0.336 e. The average Bonchev–Trinajstić information content (AvgIpc) is 3.27. The van der Waals surface area contributed by atoms with Gasteiger partial charge in [-0.3, -0.25) is 0 Å². The molecule has 0 unspecified atom stereocenters. The zero-order valence-electron chi connectivity index (χ0n) is 39.4. The van der Waals surface area contributed by atoms with E-state index in [9.17, 15) is 19.8 Å². The van der Waals surface area contributed by atoms with Gasteiger partial charge in [0, 0.05) is 35.5 Å². The Labute approximate surface area is 379 Å². The fraction of sp³-hybridized carbons (Fsp3) is 0.679. The van der Waals surface area contributed by atoms with Crippen molar-refractivity contribution in [3.05, 3.63) is 58.7 Å². The second-order valence-corrected chi connectivity index (χ2v) is 17.4. The molecule has 0 spiro atoms. The summed E-state index contributed by atoms with van der Waals surface area (Å²) >= 11 is 0. The molecule has 62 heavy (non-hydrogen) atoms. The Hall–Kier alpha value is -3.58. The number of ether oxygens (including phenoxy) is 2. The topological polar surface area (TPSA) is 93.1 Å². The molecule has 2 N–H and O–H groups in total. The molecule has 0 radical (unpaired) electrons. The minimum Gasteiger partial charge on any atom is -0.478 e. The molecule has 0 aliphatic rings. The van der Waals surface area contributed by atoms with E-state index in [1.165, 1.54) is 192 Å². The third kappa shape index (κ3) is 26.8. The minimum absolute atomic E-state index is 0.0256. The monoisotopic (exact) mass is 855 g/mol. The third-order valence-electron chi connectivity index (χ3n) is 11.9. The van der Waals surface area contributed by atoms with E-state index in [1.807, 2.05) is 0 Å². The molecule has 2 aromatic rings. The highest BCUT2D eigenvalue weighted by atomic mass is 16.5. The molecular formula is C56H86O6.